The Bertz CT molecular complexity index is 948. The average Bonchev–Trinajstić information content (AvgIpc) is 3.26. The largest absolute Gasteiger partial charge is 0.522 e. The summed E-state index contributed by atoms with van der Waals surface area (Å²) < 4.78 is 55.6. The molecular weight excluding hydrogens is 528 g/mol. The minimum atomic E-state index is -5.07. The zero-order valence-corrected chi connectivity index (χ0v) is 22.0. The van der Waals surface area contributed by atoms with Crippen LogP contribution in [0.2, 0.25) is 0 Å². The van der Waals surface area contributed by atoms with E-state index in [9.17, 15) is 41.5 Å². The molecule has 4 N–H and O–H groups in total. The summed E-state index contributed by atoms with van der Waals surface area (Å²) in [5.74, 6) is -5.29. The Balaban J connectivity index is 1.66. The number of ether oxygens (including phenoxy) is 1. The van der Waals surface area contributed by atoms with Crippen LogP contribution in [0.15, 0.2) is 0 Å². The van der Waals surface area contributed by atoms with E-state index in [4.69, 9.17) is 0 Å². The average molecular weight is 565 g/mol. The quantitative estimate of drug-likeness (QED) is 0.222. The molecule has 4 amide bonds. The topological polar surface area (TPSA) is 143 Å². The van der Waals surface area contributed by atoms with Crippen LogP contribution < -0.4 is 21.3 Å². The Labute approximate surface area is 223 Å². The predicted molar refractivity (Wildman–Crippen MR) is 128 cm³/mol. The van der Waals surface area contributed by atoms with Gasteiger partial charge < -0.3 is 21.3 Å². The Morgan fingerprint density at radius 3 is 2.13 bits per heavy atom. The van der Waals surface area contributed by atoms with Crippen LogP contribution in [-0.2, 0) is 28.7 Å². The van der Waals surface area contributed by atoms with Gasteiger partial charge in [-0.3, -0.25) is 28.7 Å². The fourth-order valence-electron chi connectivity index (χ4n) is 5.50. The highest BCUT2D eigenvalue weighted by atomic mass is 19.4. The molecule has 0 radical (unpaired) electrons. The van der Waals surface area contributed by atoms with Gasteiger partial charge in [-0.1, -0.05) is 13.8 Å². The van der Waals surface area contributed by atoms with Gasteiger partial charge in [-0.2, -0.15) is 0 Å². The van der Waals surface area contributed by atoms with Crippen molar-refractivity contribution in [1.29, 1.82) is 0 Å². The highest BCUT2D eigenvalue weighted by molar-refractivity contribution is 6.35. The first-order chi connectivity index (χ1) is 18.1. The van der Waals surface area contributed by atoms with Gasteiger partial charge in [-0.25, -0.2) is 4.39 Å². The van der Waals surface area contributed by atoms with E-state index in [0.29, 0.717) is 51.5 Å². The van der Waals surface area contributed by atoms with Crippen molar-refractivity contribution in [2.45, 2.75) is 101 Å². The van der Waals surface area contributed by atoms with Gasteiger partial charge in [0.1, 0.15) is 18.3 Å². The predicted octanol–water partition coefficient (Wildman–Crippen LogP) is 1.56. The minimum Gasteiger partial charge on any atom is -0.356 e. The normalized spacial score (nSPS) is 28.0. The van der Waals surface area contributed by atoms with E-state index >= 15 is 0 Å². The molecule has 1 saturated heterocycles. The van der Waals surface area contributed by atoms with E-state index in [-0.39, 0.29) is 18.8 Å². The van der Waals surface area contributed by atoms with Gasteiger partial charge in [0.2, 0.25) is 11.8 Å². The maximum Gasteiger partial charge on any atom is 0.522 e. The summed E-state index contributed by atoms with van der Waals surface area (Å²) in [5, 5.41) is 9.99. The molecule has 0 aromatic rings. The molecule has 4 fully saturated rings. The molecule has 39 heavy (non-hydrogen) atoms. The van der Waals surface area contributed by atoms with Gasteiger partial charge >= 0.3 is 18.2 Å². The number of ketones is 1. The first-order valence-corrected chi connectivity index (χ1v) is 13.2. The third kappa shape index (κ3) is 8.61. The second kappa shape index (κ2) is 12.2. The SMILES string of the molecule is CC(C)CC(NC(=O)C(=O)NC12CCC(F)(CC1)CC2)C(=O)NC(C[C@@H]1CCNC1=O)C(=O)COC(F)(F)F. The molecular formula is C25H36F4N4O6. The minimum absolute atomic E-state index is 0.0598. The summed E-state index contributed by atoms with van der Waals surface area (Å²) in [6.07, 6.45) is -2.86. The first kappa shape index (κ1) is 30.8. The van der Waals surface area contributed by atoms with E-state index in [1.807, 2.05) is 0 Å². The summed E-state index contributed by atoms with van der Waals surface area (Å²) in [6.45, 7) is 2.46. The van der Waals surface area contributed by atoms with Crippen LogP contribution in [0.25, 0.3) is 0 Å². The molecule has 1 aliphatic heterocycles. The number of rotatable bonds is 11. The van der Waals surface area contributed by atoms with E-state index < -0.39 is 71.6 Å². The molecule has 2 unspecified atom stereocenters. The number of hydrogen-bond donors (Lipinski definition) is 4. The molecule has 0 spiro atoms. The fraction of sp³-hybridized carbons (Fsp3) is 0.800. The highest BCUT2D eigenvalue weighted by Crippen LogP contribution is 2.48. The van der Waals surface area contributed by atoms with Gasteiger partial charge in [-0.05, 0) is 63.7 Å². The van der Waals surface area contributed by atoms with Crippen molar-refractivity contribution in [2.75, 3.05) is 13.2 Å². The zero-order valence-electron chi connectivity index (χ0n) is 22.0. The lowest BCUT2D eigenvalue weighted by Crippen LogP contribution is -2.61. The molecule has 3 saturated carbocycles. The van der Waals surface area contributed by atoms with Crippen molar-refractivity contribution in [3.63, 3.8) is 0 Å². The summed E-state index contributed by atoms with van der Waals surface area (Å²) in [4.78, 5) is 63.2. The standard InChI is InChI=1S/C25H36F4N4O6/c1-14(2)11-17(32-21(37)22(38)33-24-7-4-23(26,5-8-24)6-9-24)20(36)31-16(12-15-3-10-30-19(15)35)18(34)13-39-25(27,28)29/h14-17H,3-13H2,1-2H3,(H,30,35)(H,31,36)(H,32,37)(H,33,38)/t15-,16?,17?,23?,24?/m0/s1. The highest BCUT2D eigenvalue weighted by Gasteiger charge is 2.50. The van der Waals surface area contributed by atoms with E-state index in [0.717, 1.165) is 0 Å². The third-order valence-electron chi connectivity index (χ3n) is 7.83. The smallest absolute Gasteiger partial charge is 0.356 e. The molecule has 0 aromatic heterocycles. The number of fused-ring (bicyclic) bond motifs is 3. The zero-order chi connectivity index (χ0) is 29.0. The molecule has 3 aliphatic carbocycles. The van der Waals surface area contributed by atoms with Crippen LogP contribution in [-0.4, -0.2) is 72.2 Å². The molecule has 10 nitrogen and oxygen atoms in total. The third-order valence-corrected chi connectivity index (χ3v) is 7.83. The van der Waals surface area contributed by atoms with Gasteiger partial charge in [-0.15, -0.1) is 13.2 Å². The summed E-state index contributed by atoms with van der Waals surface area (Å²) in [5.41, 5.74) is -1.91. The van der Waals surface area contributed by atoms with Crippen molar-refractivity contribution in [2.24, 2.45) is 11.8 Å². The maximum atomic E-state index is 14.5. The monoisotopic (exact) mass is 564 g/mol. The molecule has 3 atom stereocenters. The van der Waals surface area contributed by atoms with Gasteiger partial charge in [0.05, 0.1) is 6.04 Å². The summed E-state index contributed by atoms with van der Waals surface area (Å²) >= 11 is 0. The van der Waals surface area contributed by atoms with Crippen LogP contribution in [0.4, 0.5) is 17.6 Å². The van der Waals surface area contributed by atoms with Crippen LogP contribution >= 0.6 is 0 Å². The first-order valence-electron chi connectivity index (χ1n) is 13.2. The number of amides is 4. The second-order valence-corrected chi connectivity index (χ2v) is 11.3. The summed E-state index contributed by atoms with van der Waals surface area (Å²) in [7, 11) is 0. The van der Waals surface area contributed by atoms with E-state index in [1.54, 1.807) is 13.8 Å². The van der Waals surface area contributed by atoms with Crippen molar-refractivity contribution >= 4 is 29.4 Å². The van der Waals surface area contributed by atoms with E-state index in [2.05, 4.69) is 26.0 Å². The molecule has 0 aromatic carbocycles. The molecule has 2 bridgehead atoms. The van der Waals surface area contributed by atoms with Crippen molar-refractivity contribution in [3.8, 4) is 0 Å². The lowest BCUT2D eigenvalue weighted by Gasteiger charge is -2.49. The van der Waals surface area contributed by atoms with Crippen molar-refractivity contribution < 1.29 is 46.3 Å². The van der Waals surface area contributed by atoms with Crippen molar-refractivity contribution in [3.05, 3.63) is 0 Å². The maximum absolute atomic E-state index is 14.5. The molecule has 14 heteroatoms. The lowest BCUT2D eigenvalue weighted by atomic mass is 9.64. The van der Waals surface area contributed by atoms with Crippen molar-refractivity contribution in [1.82, 2.24) is 21.3 Å². The fourth-order valence-corrected chi connectivity index (χ4v) is 5.50. The van der Waals surface area contributed by atoms with Gasteiger partial charge in [0.15, 0.2) is 5.78 Å². The lowest BCUT2D eigenvalue weighted by molar-refractivity contribution is -0.321. The molecule has 4 rings (SSSR count). The number of Topliss-reactive ketones (excluding diaryl/α,β-unsaturated/α-hetero) is 1. The Morgan fingerprint density at radius 2 is 1.62 bits per heavy atom. The Morgan fingerprint density at radius 1 is 1.00 bits per heavy atom. The van der Waals surface area contributed by atoms with Crippen LogP contribution in [0.1, 0.15) is 71.6 Å². The van der Waals surface area contributed by atoms with Gasteiger partial charge in [0.25, 0.3) is 0 Å². The Hall–Kier alpha value is -2.77. The van der Waals surface area contributed by atoms with Gasteiger partial charge in [0, 0.05) is 18.0 Å². The number of halogens is 4. The number of nitrogens with one attached hydrogen (secondary N) is 4. The second-order valence-electron chi connectivity index (χ2n) is 11.3. The van der Waals surface area contributed by atoms with Crippen LogP contribution in [0.5, 0.6) is 0 Å². The van der Waals surface area contributed by atoms with E-state index in [1.165, 1.54) is 0 Å². The number of carbonyl (C=O) groups excluding carboxylic acids is 5. The van der Waals surface area contributed by atoms with Crippen LogP contribution in [0, 0.1) is 11.8 Å². The Kier molecular flexibility index (Phi) is 9.60. The number of hydrogen-bond acceptors (Lipinski definition) is 6. The van der Waals surface area contributed by atoms with Crippen LogP contribution in [0.3, 0.4) is 0 Å². The number of alkyl halides is 4. The summed E-state index contributed by atoms with van der Waals surface area (Å²) in [6, 6.07) is -2.77. The molecule has 1 heterocycles. The molecule has 220 valence electrons. The molecule has 4 aliphatic rings. The number of carbonyl (C=O) groups is 5.